The summed E-state index contributed by atoms with van der Waals surface area (Å²) in [5.74, 6) is -2.31. The molecular weight excluding hydrogens is 332 g/mol. The summed E-state index contributed by atoms with van der Waals surface area (Å²) in [7, 11) is 1.45. The second kappa shape index (κ2) is 7.05. The number of benzene rings is 1. The molecule has 0 aliphatic carbocycles. The van der Waals surface area contributed by atoms with Crippen molar-refractivity contribution in [2.45, 2.75) is 6.54 Å². The van der Waals surface area contributed by atoms with Gasteiger partial charge >= 0.3 is 0 Å². The van der Waals surface area contributed by atoms with Crippen molar-refractivity contribution in [3.63, 3.8) is 0 Å². The molecule has 8 heteroatoms. The average molecular weight is 353 g/mol. The van der Waals surface area contributed by atoms with Crippen molar-refractivity contribution < 1.29 is 23.1 Å². The van der Waals surface area contributed by atoms with E-state index in [1.807, 2.05) is 0 Å². The first-order chi connectivity index (χ1) is 12.0. The topological polar surface area (TPSA) is 70.7 Å². The van der Waals surface area contributed by atoms with Crippen LogP contribution in [0.15, 0.2) is 18.2 Å². The van der Waals surface area contributed by atoms with E-state index in [1.54, 1.807) is 4.90 Å². The van der Waals surface area contributed by atoms with Crippen molar-refractivity contribution in [3.8, 4) is 0 Å². The summed E-state index contributed by atoms with van der Waals surface area (Å²) in [5, 5.41) is 5.90. The van der Waals surface area contributed by atoms with Crippen molar-refractivity contribution in [2.24, 2.45) is 11.3 Å². The molecule has 1 aromatic carbocycles. The van der Waals surface area contributed by atoms with E-state index in [0.29, 0.717) is 26.2 Å². The van der Waals surface area contributed by atoms with Crippen LogP contribution in [-0.2, 0) is 20.9 Å². The predicted molar refractivity (Wildman–Crippen MR) is 85.5 cm³/mol. The highest BCUT2D eigenvalue weighted by atomic mass is 19.2. The largest absolute Gasteiger partial charge is 0.375 e. The van der Waals surface area contributed by atoms with Crippen LogP contribution < -0.4 is 10.6 Å². The Balaban J connectivity index is 1.69. The lowest BCUT2D eigenvalue weighted by atomic mass is 9.80. The van der Waals surface area contributed by atoms with Gasteiger partial charge in [-0.25, -0.2) is 8.78 Å². The number of fused-ring (bicyclic) bond motifs is 1. The molecule has 0 spiro atoms. The molecule has 0 saturated carbocycles. The molecule has 1 aromatic rings. The number of carbonyl (C=O) groups excluding carboxylic acids is 2. The molecule has 0 radical (unpaired) electrons. The quantitative estimate of drug-likeness (QED) is 0.798. The number of amides is 2. The third-order valence-electron chi connectivity index (χ3n) is 5.07. The minimum Gasteiger partial charge on any atom is -0.375 e. The summed E-state index contributed by atoms with van der Waals surface area (Å²) in [6, 6.07) is 3.87. The third kappa shape index (κ3) is 3.23. The lowest BCUT2D eigenvalue weighted by Crippen LogP contribution is -2.47. The van der Waals surface area contributed by atoms with Gasteiger partial charge in [0.15, 0.2) is 11.6 Å². The Labute approximate surface area is 144 Å². The predicted octanol–water partition coefficient (Wildman–Crippen LogP) is 0.275. The number of carbonyl (C=O) groups is 2. The van der Waals surface area contributed by atoms with E-state index in [1.165, 1.54) is 19.2 Å². The minimum atomic E-state index is -0.954. The highest BCUT2D eigenvalue weighted by Gasteiger charge is 2.55. The van der Waals surface area contributed by atoms with E-state index in [9.17, 15) is 18.4 Å². The maximum absolute atomic E-state index is 13.7. The summed E-state index contributed by atoms with van der Waals surface area (Å²) in [4.78, 5) is 26.5. The molecule has 2 atom stereocenters. The van der Waals surface area contributed by atoms with E-state index in [0.717, 1.165) is 6.07 Å². The fraction of sp³-hybridized carbons (Fsp3) is 0.529. The number of likely N-dealkylation sites (tertiary alicyclic amines) is 1. The first-order valence-electron chi connectivity index (χ1n) is 8.16. The Hall–Kier alpha value is -2.06. The van der Waals surface area contributed by atoms with Gasteiger partial charge in [0.25, 0.3) is 0 Å². The van der Waals surface area contributed by atoms with Crippen LogP contribution in [0, 0.1) is 23.0 Å². The zero-order valence-corrected chi connectivity index (χ0v) is 14.0. The first kappa shape index (κ1) is 17.8. The second-order valence-corrected chi connectivity index (χ2v) is 6.59. The van der Waals surface area contributed by atoms with Crippen LogP contribution in [0.5, 0.6) is 0 Å². The number of halogens is 2. The summed E-state index contributed by atoms with van der Waals surface area (Å²) >= 11 is 0. The molecule has 2 aliphatic heterocycles. The van der Waals surface area contributed by atoms with E-state index in [4.69, 9.17) is 4.74 Å². The van der Waals surface area contributed by atoms with E-state index in [2.05, 4.69) is 10.6 Å². The Morgan fingerprint density at radius 1 is 1.44 bits per heavy atom. The van der Waals surface area contributed by atoms with Crippen LogP contribution >= 0.6 is 0 Å². The summed E-state index contributed by atoms with van der Waals surface area (Å²) in [6.07, 6.45) is 0. The number of hydrogen-bond acceptors (Lipinski definition) is 4. The highest BCUT2D eigenvalue weighted by molar-refractivity contribution is 5.86. The van der Waals surface area contributed by atoms with E-state index in [-0.39, 0.29) is 36.4 Å². The van der Waals surface area contributed by atoms with E-state index >= 15 is 0 Å². The van der Waals surface area contributed by atoms with Crippen LogP contribution in [0.2, 0.25) is 0 Å². The molecule has 2 saturated heterocycles. The minimum absolute atomic E-state index is 0.00865. The molecule has 0 bridgehead atoms. The smallest absolute Gasteiger partial charge is 0.248 e. The monoisotopic (exact) mass is 353 g/mol. The van der Waals surface area contributed by atoms with Gasteiger partial charge < -0.3 is 20.3 Å². The Kier molecular flexibility index (Phi) is 5.01. The van der Waals surface area contributed by atoms with Crippen LogP contribution in [-0.4, -0.2) is 56.6 Å². The lowest BCUT2D eigenvalue weighted by Gasteiger charge is -2.26. The second-order valence-electron chi connectivity index (χ2n) is 6.59. The molecule has 2 amide bonds. The molecule has 0 aromatic heterocycles. The Bertz CT molecular complexity index is 685. The molecule has 2 N–H and O–H groups in total. The van der Waals surface area contributed by atoms with Gasteiger partial charge in [0.1, 0.15) is 6.61 Å². The fourth-order valence-corrected chi connectivity index (χ4v) is 3.68. The SMILES string of the molecule is COCC(=O)N1C[C@H]2CNC[C@@]2(C(=O)NCc2cccc(F)c2F)C1. The van der Waals surface area contributed by atoms with Gasteiger partial charge in [0.05, 0.1) is 5.41 Å². The van der Waals surface area contributed by atoms with Gasteiger partial charge in [-0.1, -0.05) is 12.1 Å². The van der Waals surface area contributed by atoms with Crippen molar-refractivity contribution in [2.75, 3.05) is 39.9 Å². The molecule has 2 fully saturated rings. The zero-order chi connectivity index (χ0) is 18.0. The van der Waals surface area contributed by atoms with Crippen molar-refractivity contribution in [3.05, 3.63) is 35.4 Å². The summed E-state index contributed by atoms with van der Waals surface area (Å²) in [6.45, 7) is 1.75. The van der Waals surface area contributed by atoms with Crippen molar-refractivity contribution in [1.29, 1.82) is 0 Å². The van der Waals surface area contributed by atoms with Crippen LogP contribution in [0.4, 0.5) is 8.78 Å². The van der Waals surface area contributed by atoms with Crippen molar-refractivity contribution in [1.82, 2.24) is 15.5 Å². The van der Waals surface area contributed by atoms with Crippen LogP contribution in [0.3, 0.4) is 0 Å². The third-order valence-corrected chi connectivity index (χ3v) is 5.07. The van der Waals surface area contributed by atoms with Gasteiger partial charge in [-0.2, -0.15) is 0 Å². The lowest BCUT2D eigenvalue weighted by molar-refractivity contribution is -0.135. The fourth-order valence-electron chi connectivity index (χ4n) is 3.68. The van der Waals surface area contributed by atoms with Gasteiger partial charge in [-0.3, -0.25) is 9.59 Å². The van der Waals surface area contributed by atoms with E-state index < -0.39 is 17.0 Å². The molecule has 3 rings (SSSR count). The zero-order valence-electron chi connectivity index (χ0n) is 14.0. The Morgan fingerprint density at radius 3 is 3.00 bits per heavy atom. The number of ether oxygens (including phenoxy) is 1. The van der Waals surface area contributed by atoms with Crippen LogP contribution in [0.25, 0.3) is 0 Å². The Morgan fingerprint density at radius 2 is 2.24 bits per heavy atom. The van der Waals surface area contributed by atoms with Crippen LogP contribution in [0.1, 0.15) is 5.56 Å². The first-order valence-corrected chi connectivity index (χ1v) is 8.16. The molecule has 2 heterocycles. The molecule has 136 valence electrons. The summed E-state index contributed by atoms with van der Waals surface area (Å²) in [5.41, 5.74) is -0.648. The molecule has 2 aliphatic rings. The molecule has 25 heavy (non-hydrogen) atoms. The number of rotatable bonds is 5. The number of nitrogens with one attached hydrogen (secondary N) is 2. The van der Waals surface area contributed by atoms with Gasteiger partial charge in [0, 0.05) is 51.3 Å². The van der Waals surface area contributed by atoms with Gasteiger partial charge in [0.2, 0.25) is 11.8 Å². The van der Waals surface area contributed by atoms with Crippen molar-refractivity contribution >= 4 is 11.8 Å². The molecule has 6 nitrogen and oxygen atoms in total. The number of hydrogen-bond donors (Lipinski definition) is 2. The van der Waals surface area contributed by atoms with Gasteiger partial charge in [-0.05, 0) is 6.07 Å². The molecule has 0 unspecified atom stereocenters. The standard InChI is InChI=1S/C17H21F2N3O3/c1-25-8-14(23)22-7-12-6-20-9-17(12,10-22)16(24)21-5-11-3-2-4-13(18)15(11)19/h2-4,12,20H,5-10H2,1H3,(H,21,24)/t12-,17-/m1/s1. The maximum Gasteiger partial charge on any atom is 0.248 e. The number of methoxy groups -OCH3 is 1. The number of nitrogens with zero attached hydrogens (tertiary/aromatic N) is 1. The van der Waals surface area contributed by atoms with Gasteiger partial charge in [-0.15, -0.1) is 0 Å². The normalized spacial score (nSPS) is 25.1. The highest BCUT2D eigenvalue weighted by Crippen LogP contribution is 2.39. The average Bonchev–Trinajstić information content (AvgIpc) is 3.14. The molecular formula is C17H21F2N3O3. The maximum atomic E-state index is 13.7. The summed E-state index contributed by atoms with van der Waals surface area (Å²) < 4.78 is 31.9.